The quantitative estimate of drug-likeness (QED) is 0.784. The van der Waals surface area contributed by atoms with E-state index in [0.29, 0.717) is 24.7 Å². The predicted octanol–water partition coefficient (Wildman–Crippen LogP) is 2.10. The van der Waals surface area contributed by atoms with Gasteiger partial charge in [-0.2, -0.15) is 0 Å². The van der Waals surface area contributed by atoms with E-state index in [2.05, 4.69) is 11.5 Å². The molecule has 120 valence electrons. The molecule has 2 N–H and O–H groups in total. The second-order valence-corrected chi connectivity index (χ2v) is 5.73. The summed E-state index contributed by atoms with van der Waals surface area (Å²) in [4.78, 5) is 13.6. The normalized spacial score (nSPS) is 18.2. The van der Waals surface area contributed by atoms with Gasteiger partial charge in [0.1, 0.15) is 6.61 Å². The minimum absolute atomic E-state index is 0.194. The van der Waals surface area contributed by atoms with Gasteiger partial charge in [0.15, 0.2) is 11.5 Å². The molecule has 0 aliphatic carbocycles. The maximum absolute atomic E-state index is 11.5. The van der Waals surface area contributed by atoms with Gasteiger partial charge in [0, 0.05) is 12.1 Å². The van der Waals surface area contributed by atoms with E-state index >= 15 is 0 Å². The van der Waals surface area contributed by atoms with Crippen LogP contribution in [-0.2, 0) is 11.3 Å². The van der Waals surface area contributed by atoms with Crippen LogP contribution in [0.15, 0.2) is 30.4 Å². The van der Waals surface area contributed by atoms with Crippen LogP contribution in [0.1, 0.15) is 25.3 Å². The standard InChI is InChI=1S/C17H24N2O3/c1-12(2)11-22-16-13(6-4-8-15(16)21-3)10-19-9-5-7-14(19)17(18)20/h4,6,8,14H,1,5,7,9-11H2,2-3H3,(H2,18,20)/t14-/m1/s1. The molecule has 1 heterocycles. The zero-order chi connectivity index (χ0) is 16.1. The second-order valence-electron chi connectivity index (χ2n) is 5.73. The number of ether oxygens (including phenoxy) is 2. The first-order valence-electron chi connectivity index (χ1n) is 7.49. The number of rotatable bonds is 7. The highest BCUT2D eigenvalue weighted by Gasteiger charge is 2.29. The first-order chi connectivity index (χ1) is 10.5. The summed E-state index contributed by atoms with van der Waals surface area (Å²) in [5.41, 5.74) is 7.42. The number of carbonyl (C=O) groups excluding carboxylic acids is 1. The van der Waals surface area contributed by atoms with Crippen LogP contribution in [0.3, 0.4) is 0 Å². The van der Waals surface area contributed by atoms with E-state index < -0.39 is 0 Å². The molecule has 5 nitrogen and oxygen atoms in total. The van der Waals surface area contributed by atoms with E-state index in [9.17, 15) is 4.79 Å². The number of amides is 1. The Kier molecular flexibility index (Phi) is 5.44. The Morgan fingerprint density at radius 1 is 1.50 bits per heavy atom. The molecule has 0 spiro atoms. The fourth-order valence-electron chi connectivity index (χ4n) is 2.76. The van der Waals surface area contributed by atoms with Gasteiger partial charge in [0.2, 0.25) is 5.91 Å². The third-order valence-corrected chi connectivity index (χ3v) is 3.81. The van der Waals surface area contributed by atoms with Crippen molar-refractivity contribution in [3.05, 3.63) is 35.9 Å². The first kappa shape index (κ1) is 16.4. The number of carbonyl (C=O) groups is 1. The predicted molar refractivity (Wildman–Crippen MR) is 85.9 cm³/mol. The lowest BCUT2D eigenvalue weighted by Crippen LogP contribution is -2.39. The fraction of sp³-hybridized carbons (Fsp3) is 0.471. The van der Waals surface area contributed by atoms with Gasteiger partial charge in [-0.1, -0.05) is 18.7 Å². The summed E-state index contributed by atoms with van der Waals surface area (Å²) in [5, 5.41) is 0. The lowest BCUT2D eigenvalue weighted by molar-refractivity contribution is -0.122. The zero-order valence-electron chi connectivity index (χ0n) is 13.3. The van der Waals surface area contributed by atoms with Gasteiger partial charge in [-0.15, -0.1) is 0 Å². The molecule has 22 heavy (non-hydrogen) atoms. The number of hydrogen-bond donors (Lipinski definition) is 1. The summed E-state index contributed by atoms with van der Waals surface area (Å²) in [7, 11) is 1.62. The fourth-order valence-corrected chi connectivity index (χ4v) is 2.76. The van der Waals surface area contributed by atoms with Gasteiger partial charge < -0.3 is 15.2 Å². The van der Waals surface area contributed by atoms with E-state index in [0.717, 1.165) is 30.5 Å². The Labute approximate surface area is 131 Å². The number of nitrogens with two attached hydrogens (primary N) is 1. The maximum Gasteiger partial charge on any atom is 0.234 e. The number of para-hydroxylation sites is 1. The summed E-state index contributed by atoms with van der Waals surface area (Å²) in [6, 6.07) is 5.59. The number of nitrogens with zero attached hydrogens (tertiary/aromatic N) is 1. The minimum atomic E-state index is -0.259. The third kappa shape index (κ3) is 3.80. The van der Waals surface area contributed by atoms with Crippen molar-refractivity contribution in [2.75, 3.05) is 20.3 Å². The Balaban J connectivity index is 2.22. The summed E-state index contributed by atoms with van der Waals surface area (Å²) in [6.07, 6.45) is 1.81. The molecule has 0 aromatic heterocycles. The summed E-state index contributed by atoms with van der Waals surface area (Å²) in [5.74, 6) is 1.14. The van der Waals surface area contributed by atoms with Crippen LogP contribution >= 0.6 is 0 Å². The minimum Gasteiger partial charge on any atom is -0.493 e. The monoisotopic (exact) mass is 304 g/mol. The molecule has 1 amide bonds. The van der Waals surface area contributed by atoms with Gasteiger partial charge in [-0.3, -0.25) is 9.69 Å². The van der Waals surface area contributed by atoms with Crippen LogP contribution in [0.5, 0.6) is 11.5 Å². The van der Waals surface area contributed by atoms with Crippen LogP contribution < -0.4 is 15.2 Å². The first-order valence-corrected chi connectivity index (χ1v) is 7.49. The van der Waals surface area contributed by atoms with Crippen molar-refractivity contribution in [2.45, 2.75) is 32.4 Å². The molecule has 2 rings (SSSR count). The molecule has 1 aliphatic rings. The Morgan fingerprint density at radius 2 is 2.27 bits per heavy atom. The number of benzene rings is 1. The van der Waals surface area contributed by atoms with Gasteiger partial charge in [0.05, 0.1) is 13.2 Å². The van der Waals surface area contributed by atoms with Crippen LogP contribution in [0.4, 0.5) is 0 Å². The van der Waals surface area contributed by atoms with Crippen LogP contribution in [-0.4, -0.2) is 37.1 Å². The maximum atomic E-state index is 11.5. The molecular formula is C17H24N2O3. The third-order valence-electron chi connectivity index (χ3n) is 3.81. The Morgan fingerprint density at radius 3 is 2.91 bits per heavy atom. The molecule has 1 aliphatic heterocycles. The molecule has 0 bridgehead atoms. The SMILES string of the molecule is C=C(C)COc1c(CN2CCC[C@@H]2C(N)=O)cccc1OC. The van der Waals surface area contributed by atoms with Crippen molar-refractivity contribution in [3.8, 4) is 11.5 Å². The lowest BCUT2D eigenvalue weighted by Gasteiger charge is -2.24. The van der Waals surface area contributed by atoms with Gasteiger partial charge in [-0.25, -0.2) is 0 Å². The molecule has 1 fully saturated rings. The van der Waals surface area contributed by atoms with Gasteiger partial charge >= 0.3 is 0 Å². The van der Waals surface area contributed by atoms with Crippen molar-refractivity contribution < 1.29 is 14.3 Å². The Bertz CT molecular complexity index is 557. The molecule has 1 saturated heterocycles. The second kappa shape index (κ2) is 7.31. The summed E-state index contributed by atoms with van der Waals surface area (Å²) >= 11 is 0. The molecule has 1 atom stereocenters. The summed E-state index contributed by atoms with van der Waals surface area (Å²) < 4.78 is 11.3. The van der Waals surface area contributed by atoms with E-state index in [-0.39, 0.29) is 11.9 Å². The van der Waals surface area contributed by atoms with Crippen LogP contribution in [0.2, 0.25) is 0 Å². The van der Waals surface area contributed by atoms with Crippen LogP contribution in [0.25, 0.3) is 0 Å². The number of methoxy groups -OCH3 is 1. The number of primary amides is 1. The van der Waals surface area contributed by atoms with Crippen molar-refractivity contribution >= 4 is 5.91 Å². The molecule has 1 aromatic carbocycles. The number of likely N-dealkylation sites (tertiary alicyclic amines) is 1. The van der Waals surface area contributed by atoms with Crippen LogP contribution in [0, 0.1) is 0 Å². The van der Waals surface area contributed by atoms with Crippen molar-refractivity contribution in [2.24, 2.45) is 5.73 Å². The smallest absolute Gasteiger partial charge is 0.234 e. The molecule has 5 heteroatoms. The summed E-state index contributed by atoms with van der Waals surface area (Å²) in [6.45, 7) is 7.70. The van der Waals surface area contributed by atoms with Crippen molar-refractivity contribution in [3.63, 3.8) is 0 Å². The molecule has 0 radical (unpaired) electrons. The van der Waals surface area contributed by atoms with E-state index in [1.807, 2.05) is 25.1 Å². The van der Waals surface area contributed by atoms with E-state index in [4.69, 9.17) is 15.2 Å². The van der Waals surface area contributed by atoms with Gasteiger partial charge in [0.25, 0.3) is 0 Å². The molecule has 0 unspecified atom stereocenters. The Hall–Kier alpha value is -2.01. The highest BCUT2D eigenvalue weighted by molar-refractivity contribution is 5.80. The molecule has 1 aromatic rings. The average Bonchev–Trinajstić information content (AvgIpc) is 2.93. The highest BCUT2D eigenvalue weighted by atomic mass is 16.5. The lowest BCUT2D eigenvalue weighted by atomic mass is 10.1. The van der Waals surface area contributed by atoms with E-state index in [1.165, 1.54) is 0 Å². The zero-order valence-corrected chi connectivity index (χ0v) is 13.3. The average molecular weight is 304 g/mol. The largest absolute Gasteiger partial charge is 0.493 e. The highest BCUT2D eigenvalue weighted by Crippen LogP contribution is 2.33. The topological polar surface area (TPSA) is 64.8 Å². The van der Waals surface area contributed by atoms with E-state index in [1.54, 1.807) is 7.11 Å². The molecular weight excluding hydrogens is 280 g/mol. The van der Waals surface area contributed by atoms with Crippen molar-refractivity contribution in [1.82, 2.24) is 4.90 Å². The number of hydrogen-bond acceptors (Lipinski definition) is 4. The van der Waals surface area contributed by atoms with Crippen molar-refractivity contribution in [1.29, 1.82) is 0 Å². The molecule has 0 saturated carbocycles. The van der Waals surface area contributed by atoms with Gasteiger partial charge in [-0.05, 0) is 37.9 Å².